The Hall–Kier alpha value is -2.96. The Morgan fingerprint density at radius 3 is 2.11 bits per heavy atom. The van der Waals surface area contributed by atoms with Crippen LogP contribution in [-0.4, -0.2) is 9.85 Å². The van der Waals surface area contributed by atoms with Crippen LogP contribution in [0.15, 0.2) is 48.5 Å². The summed E-state index contributed by atoms with van der Waals surface area (Å²) in [5.74, 6) is 0.205. The van der Waals surface area contributed by atoms with Gasteiger partial charge in [-0.1, -0.05) is 24.3 Å². The third-order valence-corrected chi connectivity index (χ3v) is 2.33. The number of nitro benzene ring substituents is 2. The van der Waals surface area contributed by atoms with Crippen LogP contribution in [0.4, 0.5) is 11.4 Å². The van der Waals surface area contributed by atoms with Crippen molar-refractivity contribution in [3.63, 3.8) is 0 Å². The van der Waals surface area contributed by atoms with Gasteiger partial charge >= 0.3 is 11.4 Å². The number of benzene rings is 2. The lowest BCUT2D eigenvalue weighted by atomic mass is 10.2. The van der Waals surface area contributed by atoms with Gasteiger partial charge in [-0.3, -0.25) is 20.2 Å². The molecule has 0 saturated heterocycles. The van der Waals surface area contributed by atoms with Crippen molar-refractivity contribution in [3.05, 3.63) is 68.8 Å². The molecule has 0 radical (unpaired) electrons. The van der Waals surface area contributed by atoms with Gasteiger partial charge in [0.25, 0.3) is 0 Å². The smallest absolute Gasteiger partial charge is 0.387 e. The number of para-hydroxylation sites is 2. The summed E-state index contributed by atoms with van der Waals surface area (Å²) in [5.41, 5.74) is -1.25. The summed E-state index contributed by atoms with van der Waals surface area (Å²) in [5, 5.41) is 21.7. The maximum atomic E-state index is 11.0. The van der Waals surface area contributed by atoms with Crippen molar-refractivity contribution >= 4 is 11.4 Å². The van der Waals surface area contributed by atoms with Gasteiger partial charge < -0.3 is 4.74 Å². The molecule has 7 nitrogen and oxygen atoms in total. The lowest BCUT2D eigenvalue weighted by Crippen LogP contribution is -1.99. The summed E-state index contributed by atoms with van der Waals surface area (Å²) < 4.78 is 5.32. The number of hydrogen-bond donors (Lipinski definition) is 0. The van der Waals surface area contributed by atoms with Gasteiger partial charge in [0.2, 0.25) is 5.75 Å². The first-order chi connectivity index (χ1) is 9.09. The molecule has 2 aromatic rings. The molecule has 2 aromatic carbocycles. The number of rotatable bonds is 4. The Bertz CT molecular complexity index is 627. The molecule has 2 rings (SSSR count). The summed E-state index contributed by atoms with van der Waals surface area (Å²) >= 11 is 0. The molecule has 0 bridgehead atoms. The zero-order chi connectivity index (χ0) is 13.8. The number of ether oxygens (including phenoxy) is 1. The van der Waals surface area contributed by atoms with E-state index in [2.05, 4.69) is 0 Å². The number of nitro groups is 2. The first-order valence-corrected chi connectivity index (χ1v) is 5.24. The first-order valence-electron chi connectivity index (χ1n) is 5.24. The summed E-state index contributed by atoms with van der Waals surface area (Å²) in [4.78, 5) is 20.1. The van der Waals surface area contributed by atoms with Crippen molar-refractivity contribution in [2.75, 3.05) is 0 Å². The lowest BCUT2D eigenvalue weighted by molar-refractivity contribution is -0.423. The third kappa shape index (κ3) is 2.65. The van der Waals surface area contributed by atoms with Crippen molar-refractivity contribution in [2.45, 2.75) is 0 Å². The van der Waals surface area contributed by atoms with E-state index < -0.39 is 21.2 Å². The highest BCUT2D eigenvalue weighted by atomic mass is 16.6. The molecule has 0 fully saturated rings. The summed E-state index contributed by atoms with van der Waals surface area (Å²) in [6, 6.07) is 12.1. The van der Waals surface area contributed by atoms with Gasteiger partial charge in [-0.15, -0.1) is 0 Å². The monoisotopic (exact) mass is 260 g/mol. The fraction of sp³-hybridized carbons (Fsp3) is 0. The highest BCUT2D eigenvalue weighted by Crippen LogP contribution is 2.38. The Morgan fingerprint density at radius 1 is 0.842 bits per heavy atom. The molecular formula is C12H8N2O5. The Kier molecular flexibility index (Phi) is 3.37. The topological polar surface area (TPSA) is 95.5 Å². The highest BCUT2D eigenvalue weighted by Gasteiger charge is 2.29. The molecule has 7 heteroatoms. The van der Waals surface area contributed by atoms with Gasteiger partial charge in [0.05, 0.1) is 9.85 Å². The molecule has 0 aliphatic carbocycles. The van der Waals surface area contributed by atoms with E-state index in [4.69, 9.17) is 4.74 Å². The zero-order valence-electron chi connectivity index (χ0n) is 9.55. The fourth-order valence-electron chi connectivity index (χ4n) is 1.54. The van der Waals surface area contributed by atoms with Crippen LogP contribution in [0.25, 0.3) is 0 Å². The molecule has 0 amide bonds. The van der Waals surface area contributed by atoms with Crippen molar-refractivity contribution in [2.24, 2.45) is 0 Å². The Morgan fingerprint density at radius 2 is 1.53 bits per heavy atom. The first kappa shape index (κ1) is 12.5. The fourth-order valence-corrected chi connectivity index (χ4v) is 1.54. The largest absolute Gasteiger partial charge is 0.450 e. The van der Waals surface area contributed by atoms with E-state index in [1.54, 1.807) is 30.3 Å². The van der Waals surface area contributed by atoms with Crippen molar-refractivity contribution in [3.8, 4) is 11.5 Å². The van der Waals surface area contributed by atoms with Crippen LogP contribution in [0, 0.1) is 20.2 Å². The predicted molar refractivity (Wildman–Crippen MR) is 66.3 cm³/mol. The third-order valence-electron chi connectivity index (χ3n) is 2.33. The molecular weight excluding hydrogens is 252 g/mol. The van der Waals surface area contributed by atoms with E-state index in [1.165, 1.54) is 12.1 Å². The maximum Gasteiger partial charge on any atom is 0.387 e. The minimum Gasteiger partial charge on any atom is -0.450 e. The van der Waals surface area contributed by atoms with E-state index in [9.17, 15) is 20.2 Å². The summed E-state index contributed by atoms with van der Waals surface area (Å²) in [7, 11) is 0. The Balaban J connectivity index is 2.48. The quantitative estimate of drug-likeness (QED) is 0.620. The van der Waals surface area contributed by atoms with Gasteiger partial charge in [-0.2, -0.15) is 0 Å². The van der Waals surface area contributed by atoms with Crippen molar-refractivity contribution in [1.82, 2.24) is 0 Å². The van der Waals surface area contributed by atoms with Crippen molar-refractivity contribution < 1.29 is 14.6 Å². The second kappa shape index (κ2) is 5.13. The second-order valence-corrected chi connectivity index (χ2v) is 3.55. The molecule has 0 aliphatic heterocycles. The predicted octanol–water partition coefficient (Wildman–Crippen LogP) is 3.30. The molecule has 0 heterocycles. The minimum atomic E-state index is -0.823. The average molecular weight is 260 g/mol. The average Bonchev–Trinajstić information content (AvgIpc) is 2.39. The molecule has 0 atom stereocenters. The zero-order valence-corrected chi connectivity index (χ0v) is 9.55. The number of nitrogens with zero attached hydrogens (tertiary/aromatic N) is 2. The molecule has 0 N–H and O–H groups in total. The van der Waals surface area contributed by atoms with Gasteiger partial charge in [-0.25, -0.2) is 0 Å². The standard InChI is InChI=1S/C12H8N2O5/c15-13(16)10-7-4-8-11(12(10)14(17)18)19-9-5-2-1-3-6-9/h1-8H. The van der Waals surface area contributed by atoms with E-state index in [1.807, 2.05) is 0 Å². The van der Waals surface area contributed by atoms with Crippen LogP contribution in [-0.2, 0) is 0 Å². The molecule has 19 heavy (non-hydrogen) atoms. The van der Waals surface area contributed by atoms with E-state index in [0.717, 1.165) is 6.07 Å². The van der Waals surface area contributed by atoms with E-state index in [-0.39, 0.29) is 5.75 Å². The van der Waals surface area contributed by atoms with Crippen molar-refractivity contribution in [1.29, 1.82) is 0 Å². The molecule has 0 aliphatic rings. The SMILES string of the molecule is O=[N+]([O-])c1cccc(Oc2ccccc2)c1[N+](=O)[O-]. The molecule has 96 valence electrons. The van der Waals surface area contributed by atoms with Crippen LogP contribution in [0.3, 0.4) is 0 Å². The van der Waals surface area contributed by atoms with Gasteiger partial charge in [-0.05, 0) is 18.2 Å². The van der Waals surface area contributed by atoms with E-state index >= 15 is 0 Å². The van der Waals surface area contributed by atoms with Gasteiger partial charge in [0.1, 0.15) is 5.75 Å². The molecule has 0 saturated carbocycles. The van der Waals surface area contributed by atoms with Crippen LogP contribution in [0.2, 0.25) is 0 Å². The minimum absolute atomic E-state index is 0.162. The van der Waals surface area contributed by atoms with Crippen LogP contribution >= 0.6 is 0 Å². The van der Waals surface area contributed by atoms with E-state index in [0.29, 0.717) is 5.75 Å². The number of hydrogen-bond acceptors (Lipinski definition) is 5. The van der Waals surface area contributed by atoms with Crippen LogP contribution in [0.5, 0.6) is 11.5 Å². The Labute approximate surface area is 107 Å². The lowest BCUT2D eigenvalue weighted by Gasteiger charge is -2.05. The van der Waals surface area contributed by atoms with Crippen LogP contribution in [0.1, 0.15) is 0 Å². The van der Waals surface area contributed by atoms with Gasteiger partial charge in [0, 0.05) is 6.07 Å². The normalized spacial score (nSPS) is 9.89. The summed E-state index contributed by atoms with van der Waals surface area (Å²) in [6.07, 6.45) is 0. The second-order valence-electron chi connectivity index (χ2n) is 3.55. The molecule has 0 unspecified atom stereocenters. The van der Waals surface area contributed by atoms with Crippen LogP contribution < -0.4 is 4.74 Å². The van der Waals surface area contributed by atoms with Gasteiger partial charge in [0.15, 0.2) is 0 Å². The molecule has 0 aromatic heterocycles. The highest BCUT2D eigenvalue weighted by molar-refractivity contribution is 5.62. The maximum absolute atomic E-state index is 11.0. The molecule has 0 spiro atoms. The summed E-state index contributed by atoms with van der Waals surface area (Å²) in [6.45, 7) is 0.